The van der Waals surface area contributed by atoms with Gasteiger partial charge < -0.3 is 8.92 Å². The van der Waals surface area contributed by atoms with E-state index >= 15 is 0 Å². The molecule has 0 aliphatic heterocycles. The Hall–Kier alpha value is -2.14. The Labute approximate surface area is 117 Å². The lowest BCUT2D eigenvalue weighted by Crippen LogP contribution is -2.18. The summed E-state index contributed by atoms with van der Waals surface area (Å²) >= 11 is 0. The van der Waals surface area contributed by atoms with Gasteiger partial charge in [0, 0.05) is 31.0 Å². The average molecular weight is 270 g/mol. The summed E-state index contributed by atoms with van der Waals surface area (Å²) in [6.45, 7) is 5.54. The number of hydrogen-bond donors (Lipinski definition) is 0. The van der Waals surface area contributed by atoms with Crippen LogP contribution in [0.3, 0.4) is 0 Å². The summed E-state index contributed by atoms with van der Waals surface area (Å²) in [7, 11) is 2.08. The maximum atomic E-state index is 5.20. The standard InChI is InChI=1S/C15H18N4O/c1-11-14(12(2)20-17-11)10-18(3)8-13-9-19-7-5-4-6-15(19)16-13/h4-7,9H,8,10H2,1-3H3. The third-order valence-electron chi connectivity index (χ3n) is 3.46. The number of rotatable bonds is 4. The van der Waals surface area contributed by atoms with Crippen molar-refractivity contribution in [2.45, 2.75) is 26.9 Å². The van der Waals surface area contributed by atoms with E-state index in [4.69, 9.17) is 4.52 Å². The van der Waals surface area contributed by atoms with Crippen molar-refractivity contribution in [3.05, 3.63) is 53.3 Å². The Kier molecular flexibility index (Phi) is 3.28. The van der Waals surface area contributed by atoms with Crippen LogP contribution in [0.4, 0.5) is 0 Å². The van der Waals surface area contributed by atoms with E-state index in [1.807, 2.05) is 42.6 Å². The first-order chi connectivity index (χ1) is 9.63. The summed E-state index contributed by atoms with van der Waals surface area (Å²) in [6, 6.07) is 6.02. The van der Waals surface area contributed by atoms with Crippen molar-refractivity contribution in [1.29, 1.82) is 0 Å². The first-order valence-electron chi connectivity index (χ1n) is 6.66. The van der Waals surface area contributed by atoms with Crippen molar-refractivity contribution in [3.63, 3.8) is 0 Å². The van der Waals surface area contributed by atoms with Crippen LogP contribution in [0.2, 0.25) is 0 Å². The molecule has 0 radical (unpaired) electrons. The molecule has 0 atom stereocenters. The van der Waals surface area contributed by atoms with Crippen LogP contribution in [0.15, 0.2) is 35.1 Å². The van der Waals surface area contributed by atoms with Gasteiger partial charge in [-0.3, -0.25) is 4.90 Å². The molecule has 3 aromatic rings. The van der Waals surface area contributed by atoms with Crippen LogP contribution in [0, 0.1) is 13.8 Å². The van der Waals surface area contributed by atoms with Crippen molar-refractivity contribution in [2.75, 3.05) is 7.05 Å². The van der Waals surface area contributed by atoms with Crippen molar-refractivity contribution in [2.24, 2.45) is 0 Å². The number of aromatic nitrogens is 3. The van der Waals surface area contributed by atoms with E-state index in [0.717, 1.165) is 41.4 Å². The second-order valence-electron chi connectivity index (χ2n) is 5.17. The van der Waals surface area contributed by atoms with Gasteiger partial charge in [0.2, 0.25) is 0 Å². The fourth-order valence-electron chi connectivity index (χ4n) is 2.39. The monoisotopic (exact) mass is 270 g/mol. The summed E-state index contributed by atoms with van der Waals surface area (Å²) in [5.74, 6) is 0.893. The molecular weight excluding hydrogens is 252 g/mol. The molecule has 3 heterocycles. The minimum atomic E-state index is 0.797. The highest BCUT2D eigenvalue weighted by molar-refractivity contribution is 5.39. The van der Waals surface area contributed by atoms with E-state index in [9.17, 15) is 0 Å². The second kappa shape index (κ2) is 5.09. The Morgan fingerprint density at radius 3 is 2.80 bits per heavy atom. The number of pyridine rings is 1. The molecule has 0 saturated carbocycles. The molecule has 3 rings (SSSR count). The van der Waals surface area contributed by atoms with Crippen LogP contribution in [0.5, 0.6) is 0 Å². The molecule has 20 heavy (non-hydrogen) atoms. The lowest BCUT2D eigenvalue weighted by atomic mass is 10.2. The third-order valence-corrected chi connectivity index (χ3v) is 3.46. The molecule has 0 N–H and O–H groups in total. The quantitative estimate of drug-likeness (QED) is 0.731. The number of fused-ring (bicyclic) bond motifs is 1. The SMILES string of the molecule is Cc1noc(C)c1CN(C)Cc1cn2ccccc2n1. The van der Waals surface area contributed by atoms with Crippen LogP contribution in [-0.4, -0.2) is 26.5 Å². The second-order valence-corrected chi connectivity index (χ2v) is 5.17. The van der Waals surface area contributed by atoms with Crippen LogP contribution in [0.25, 0.3) is 5.65 Å². The normalized spacial score (nSPS) is 11.6. The molecule has 0 aliphatic carbocycles. The van der Waals surface area contributed by atoms with Gasteiger partial charge in [0.05, 0.1) is 11.4 Å². The van der Waals surface area contributed by atoms with Gasteiger partial charge in [0.1, 0.15) is 11.4 Å². The van der Waals surface area contributed by atoms with Gasteiger partial charge in [-0.15, -0.1) is 0 Å². The van der Waals surface area contributed by atoms with Crippen molar-refractivity contribution in [3.8, 4) is 0 Å². The average Bonchev–Trinajstić information content (AvgIpc) is 2.96. The zero-order valence-corrected chi connectivity index (χ0v) is 12.0. The minimum Gasteiger partial charge on any atom is -0.361 e. The minimum absolute atomic E-state index is 0.797. The van der Waals surface area contributed by atoms with Crippen LogP contribution in [0.1, 0.15) is 22.7 Å². The summed E-state index contributed by atoms with van der Waals surface area (Å²) < 4.78 is 7.24. The first kappa shape index (κ1) is 12.9. The van der Waals surface area contributed by atoms with Gasteiger partial charge >= 0.3 is 0 Å². The van der Waals surface area contributed by atoms with E-state index < -0.39 is 0 Å². The zero-order valence-electron chi connectivity index (χ0n) is 12.0. The fraction of sp³-hybridized carbons (Fsp3) is 0.333. The molecular formula is C15H18N4O. The molecule has 5 nitrogen and oxygen atoms in total. The highest BCUT2D eigenvalue weighted by Gasteiger charge is 2.12. The molecule has 0 spiro atoms. The summed E-state index contributed by atoms with van der Waals surface area (Å²) in [6.07, 6.45) is 4.08. The number of imidazole rings is 1. The topological polar surface area (TPSA) is 46.6 Å². The van der Waals surface area contributed by atoms with E-state index in [2.05, 4.69) is 28.3 Å². The maximum absolute atomic E-state index is 5.20. The van der Waals surface area contributed by atoms with E-state index in [-0.39, 0.29) is 0 Å². The fourth-order valence-corrected chi connectivity index (χ4v) is 2.39. The van der Waals surface area contributed by atoms with Gasteiger partial charge in [0.15, 0.2) is 0 Å². The largest absolute Gasteiger partial charge is 0.361 e. The Morgan fingerprint density at radius 2 is 2.10 bits per heavy atom. The summed E-state index contributed by atoms with van der Waals surface area (Å²) in [4.78, 5) is 6.83. The summed E-state index contributed by atoms with van der Waals surface area (Å²) in [5.41, 5.74) is 4.17. The van der Waals surface area contributed by atoms with Crippen LogP contribution >= 0.6 is 0 Å². The van der Waals surface area contributed by atoms with E-state index in [1.54, 1.807) is 0 Å². The number of nitrogens with zero attached hydrogens (tertiary/aromatic N) is 4. The molecule has 0 unspecified atom stereocenters. The van der Waals surface area contributed by atoms with Gasteiger partial charge in [-0.05, 0) is 33.0 Å². The maximum Gasteiger partial charge on any atom is 0.138 e. The van der Waals surface area contributed by atoms with Gasteiger partial charge in [-0.25, -0.2) is 4.98 Å². The summed E-state index contributed by atoms with van der Waals surface area (Å²) in [5, 5.41) is 3.99. The molecule has 0 amide bonds. The lowest BCUT2D eigenvalue weighted by Gasteiger charge is -2.14. The molecule has 0 fully saturated rings. The molecule has 104 valence electrons. The number of hydrogen-bond acceptors (Lipinski definition) is 4. The van der Waals surface area contributed by atoms with Crippen LogP contribution < -0.4 is 0 Å². The van der Waals surface area contributed by atoms with Gasteiger partial charge in [0.25, 0.3) is 0 Å². The van der Waals surface area contributed by atoms with E-state index in [0.29, 0.717) is 0 Å². The Balaban J connectivity index is 1.74. The van der Waals surface area contributed by atoms with Gasteiger partial charge in [-0.1, -0.05) is 11.2 Å². The predicted molar refractivity (Wildman–Crippen MR) is 76.3 cm³/mol. The molecule has 0 aromatic carbocycles. The van der Waals surface area contributed by atoms with Gasteiger partial charge in [-0.2, -0.15) is 0 Å². The third kappa shape index (κ3) is 2.44. The van der Waals surface area contributed by atoms with Crippen molar-refractivity contribution >= 4 is 5.65 Å². The number of aryl methyl sites for hydroxylation is 2. The highest BCUT2D eigenvalue weighted by Crippen LogP contribution is 2.15. The molecule has 0 bridgehead atoms. The lowest BCUT2D eigenvalue weighted by molar-refractivity contribution is 0.311. The Bertz CT molecular complexity index is 676. The van der Waals surface area contributed by atoms with E-state index in [1.165, 1.54) is 0 Å². The molecule has 3 aromatic heterocycles. The van der Waals surface area contributed by atoms with Crippen molar-refractivity contribution < 1.29 is 4.52 Å². The predicted octanol–water partition coefficient (Wildman–Crippen LogP) is 2.57. The molecule has 5 heteroatoms. The molecule has 0 aliphatic rings. The van der Waals surface area contributed by atoms with Crippen molar-refractivity contribution in [1.82, 2.24) is 19.4 Å². The van der Waals surface area contributed by atoms with Crippen LogP contribution in [-0.2, 0) is 13.1 Å². The smallest absolute Gasteiger partial charge is 0.138 e. The highest BCUT2D eigenvalue weighted by atomic mass is 16.5. The zero-order chi connectivity index (χ0) is 14.1. The Morgan fingerprint density at radius 1 is 1.25 bits per heavy atom. The molecule has 0 saturated heterocycles. The first-order valence-corrected chi connectivity index (χ1v) is 6.66.